The molecule has 5 rings (SSSR count). The van der Waals surface area contributed by atoms with Crippen LogP contribution < -0.4 is 21.9 Å². The van der Waals surface area contributed by atoms with E-state index in [9.17, 15) is 19.2 Å². The minimum Gasteiger partial charge on any atom is -0.352 e. The molecular weight excluding hydrogens is 450 g/mol. The van der Waals surface area contributed by atoms with Crippen molar-refractivity contribution >= 4 is 28.5 Å². The third-order valence-corrected chi connectivity index (χ3v) is 6.57. The van der Waals surface area contributed by atoms with Crippen LogP contribution >= 0.6 is 0 Å². The highest BCUT2D eigenvalue weighted by atomic mass is 16.2. The number of rotatable bonds is 8. The van der Waals surface area contributed by atoms with Crippen molar-refractivity contribution in [3.8, 4) is 0 Å². The minimum absolute atomic E-state index is 0.0549. The van der Waals surface area contributed by atoms with Gasteiger partial charge >= 0.3 is 5.69 Å². The molecule has 0 saturated heterocycles. The van der Waals surface area contributed by atoms with Gasteiger partial charge in [0, 0.05) is 30.4 Å². The number of H-pyrrole nitrogens is 1. The molecular formula is C24H29N7O4. The van der Waals surface area contributed by atoms with Gasteiger partial charge in [-0.2, -0.15) is 5.10 Å². The Hall–Kier alpha value is -3.76. The Morgan fingerprint density at radius 3 is 2.66 bits per heavy atom. The molecule has 0 spiro atoms. The molecule has 0 atom stereocenters. The third kappa shape index (κ3) is 4.89. The molecule has 3 heterocycles. The van der Waals surface area contributed by atoms with Gasteiger partial charge in [-0.1, -0.05) is 19.8 Å². The molecule has 2 aliphatic rings. The summed E-state index contributed by atoms with van der Waals surface area (Å²) in [5.74, 6) is -0.398. The average Bonchev–Trinajstić information content (AvgIpc) is 3.39. The predicted octanol–water partition coefficient (Wildman–Crippen LogP) is 1.88. The summed E-state index contributed by atoms with van der Waals surface area (Å²) in [6.07, 6.45) is 9.88. The summed E-state index contributed by atoms with van der Waals surface area (Å²) in [4.78, 5) is 57.7. The van der Waals surface area contributed by atoms with Crippen LogP contribution in [0.2, 0.25) is 0 Å². The van der Waals surface area contributed by atoms with E-state index >= 15 is 0 Å². The van der Waals surface area contributed by atoms with Crippen LogP contribution in [-0.2, 0) is 17.9 Å². The van der Waals surface area contributed by atoms with E-state index in [0.717, 1.165) is 38.5 Å². The number of aryl methyl sites for hydroxylation is 1. The van der Waals surface area contributed by atoms with Crippen molar-refractivity contribution in [2.45, 2.75) is 76.9 Å². The van der Waals surface area contributed by atoms with Crippen LogP contribution in [0.3, 0.4) is 0 Å². The lowest BCUT2D eigenvalue weighted by atomic mass is 10.1. The van der Waals surface area contributed by atoms with E-state index in [-0.39, 0.29) is 41.0 Å². The zero-order valence-electron chi connectivity index (χ0n) is 19.7. The monoisotopic (exact) mass is 479 g/mol. The fourth-order valence-corrected chi connectivity index (χ4v) is 4.70. The summed E-state index contributed by atoms with van der Waals surface area (Å²) in [7, 11) is 0. The maximum absolute atomic E-state index is 13.3. The number of nitrogens with one attached hydrogen (secondary N) is 3. The summed E-state index contributed by atoms with van der Waals surface area (Å²) in [6, 6.07) is 1.87. The number of carbonyl (C=O) groups excluding carboxylic acids is 2. The highest BCUT2D eigenvalue weighted by molar-refractivity contribution is 6.11. The number of aromatic nitrogens is 5. The standard InChI is InChI=1S/C24H29N7O4/c1-2-9-31-21-20(23(34)29-24(31)35)17(10-18(28-21)14-7-8-14)22(33)27-16-11-25-30(12-16)13-19(32)26-15-5-3-4-6-15/h10-12,14-15H,2-9,13H2,1H3,(H,26,32)(H,27,33)(H,29,34,35). The van der Waals surface area contributed by atoms with Crippen LogP contribution in [0.25, 0.3) is 11.0 Å². The summed E-state index contributed by atoms with van der Waals surface area (Å²) >= 11 is 0. The third-order valence-electron chi connectivity index (χ3n) is 6.57. The first-order chi connectivity index (χ1) is 16.9. The summed E-state index contributed by atoms with van der Waals surface area (Å²) in [5.41, 5.74) is 0.325. The zero-order chi connectivity index (χ0) is 24.5. The molecule has 35 heavy (non-hydrogen) atoms. The van der Waals surface area contributed by atoms with Gasteiger partial charge < -0.3 is 10.6 Å². The largest absolute Gasteiger partial charge is 0.352 e. The highest BCUT2D eigenvalue weighted by Crippen LogP contribution is 2.40. The Bertz CT molecular complexity index is 1390. The maximum Gasteiger partial charge on any atom is 0.329 e. The molecule has 2 aliphatic carbocycles. The van der Waals surface area contributed by atoms with Crippen LogP contribution in [-0.4, -0.2) is 42.2 Å². The summed E-state index contributed by atoms with van der Waals surface area (Å²) in [6.45, 7) is 2.36. The topological polar surface area (TPSA) is 144 Å². The lowest BCUT2D eigenvalue weighted by Gasteiger charge is -2.13. The van der Waals surface area contributed by atoms with Gasteiger partial charge in [0.05, 0.1) is 22.8 Å². The molecule has 3 aromatic heterocycles. The minimum atomic E-state index is -0.642. The molecule has 0 bridgehead atoms. The van der Waals surface area contributed by atoms with Crippen LogP contribution in [0.5, 0.6) is 0 Å². The number of aromatic amines is 1. The maximum atomic E-state index is 13.3. The molecule has 0 aliphatic heterocycles. The second-order valence-corrected chi connectivity index (χ2v) is 9.41. The smallest absolute Gasteiger partial charge is 0.329 e. The molecule has 184 valence electrons. The second-order valence-electron chi connectivity index (χ2n) is 9.41. The molecule has 2 fully saturated rings. The van der Waals surface area contributed by atoms with Crippen molar-refractivity contribution in [1.29, 1.82) is 0 Å². The van der Waals surface area contributed by atoms with Crippen LogP contribution in [0, 0.1) is 0 Å². The number of hydrogen-bond donors (Lipinski definition) is 3. The Labute approximate surface area is 200 Å². The van der Waals surface area contributed by atoms with Crippen molar-refractivity contribution in [2.75, 3.05) is 5.32 Å². The van der Waals surface area contributed by atoms with E-state index in [1.54, 1.807) is 12.3 Å². The summed E-state index contributed by atoms with van der Waals surface area (Å²) < 4.78 is 2.88. The lowest BCUT2D eigenvalue weighted by Crippen LogP contribution is -2.35. The SMILES string of the molecule is CCCn1c(=O)[nH]c(=O)c2c(C(=O)Nc3cnn(CC(=O)NC4CCCC4)c3)cc(C3CC3)nc21. The van der Waals surface area contributed by atoms with E-state index in [0.29, 0.717) is 24.3 Å². The number of fused-ring (bicyclic) bond motifs is 1. The van der Waals surface area contributed by atoms with Crippen LogP contribution in [0.15, 0.2) is 28.0 Å². The number of hydrogen-bond acceptors (Lipinski definition) is 6. The van der Waals surface area contributed by atoms with E-state index in [1.807, 2.05) is 6.92 Å². The first kappa shape index (κ1) is 23.0. The Kier molecular flexibility index (Phi) is 6.23. The van der Waals surface area contributed by atoms with E-state index < -0.39 is 17.2 Å². The van der Waals surface area contributed by atoms with Crippen molar-refractivity contribution in [3.05, 3.63) is 50.6 Å². The van der Waals surface area contributed by atoms with E-state index in [1.165, 1.54) is 15.4 Å². The first-order valence-corrected chi connectivity index (χ1v) is 12.2. The molecule has 3 N–H and O–H groups in total. The first-order valence-electron chi connectivity index (χ1n) is 12.2. The van der Waals surface area contributed by atoms with E-state index in [2.05, 4.69) is 25.7 Å². The zero-order valence-corrected chi connectivity index (χ0v) is 19.7. The fourth-order valence-electron chi connectivity index (χ4n) is 4.70. The van der Waals surface area contributed by atoms with Crippen molar-refractivity contribution in [3.63, 3.8) is 0 Å². The van der Waals surface area contributed by atoms with Crippen molar-refractivity contribution < 1.29 is 9.59 Å². The van der Waals surface area contributed by atoms with Gasteiger partial charge in [-0.3, -0.25) is 28.6 Å². The van der Waals surface area contributed by atoms with Gasteiger partial charge in [-0.25, -0.2) is 9.78 Å². The van der Waals surface area contributed by atoms with Gasteiger partial charge in [0.2, 0.25) is 5.91 Å². The number of carbonyl (C=O) groups is 2. The number of nitrogens with zero attached hydrogens (tertiary/aromatic N) is 4. The number of amides is 2. The molecule has 11 heteroatoms. The Balaban J connectivity index is 1.41. The van der Waals surface area contributed by atoms with Gasteiger partial charge in [0.1, 0.15) is 6.54 Å². The van der Waals surface area contributed by atoms with Crippen molar-refractivity contribution in [1.82, 2.24) is 29.6 Å². The molecule has 3 aromatic rings. The fraction of sp³-hybridized carbons (Fsp3) is 0.500. The van der Waals surface area contributed by atoms with Crippen molar-refractivity contribution in [2.24, 2.45) is 0 Å². The molecule has 0 aromatic carbocycles. The van der Waals surface area contributed by atoms with Gasteiger partial charge in [0.25, 0.3) is 11.5 Å². The van der Waals surface area contributed by atoms with Gasteiger partial charge in [0.15, 0.2) is 5.65 Å². The van der Waals surface area contributed by atoms with Crippen LogP contribution in [0.4, 0.5) is 5.69 Å². The molecule has 0 radical (unpaired) electrons. The van der Waals surface area contributed by atoms with Crippen LogP contribution in [0.1, 0.15) is 73.8 Å². The number of pyridine rings is 1. The molecule has 0 unspecified atom stereocenters. The van der Waals surface area contributed by atoms with Gasteiger partial charge in [-0.15, -0.1) is 0 Å². The highest BCUT2D eigenvalue weighted by Gasteiger charge is 2.29. The molecule has 2 amide bonds. The van der Waals surface area contributed by atoms with Gasteiger partial charge in [-0.05, 0) is 38.2 Å². The second kappa shape index (κ2) is 9.47. The normalized spacial score (nSPS) is 16.0. The van der Waals surface area contributed by atoms with E-state index in [4.69, 9.17) is 0 Å². The predicted molar refractivity (Wildman–Crippen MR) is 129 cm³/mol. The molecule has 11 nitrogen and oxygen atoms in total. The quantitative estimate of drug-likeness (QED) is 0.450. The number of anilines is 1. The summed E-state index contributed by atoms with van der Waals surface area (Å²) in [5, 5.41) is 10.1. The average molecular weight is 480 g/mol. The Morgan fingerprint density at radius 2 is 1.94 bits per heavy atom. The Morgan fingerprint density at radius 1 is 1.17 bits per heavy atom. The lowest BCUT2D eigenvalue weighted by molar-refractivity contribution is -0.122. The molecule has 2 saturated carbocycles.